The largest absolute Gasteiger partial charge is 0.385 e. The first-order valence-corrected chi connectivity index (χ1v) is 12.7. The van der Waals surface area contributed by atoms with E-state index in [1.165, 1.54) is 6.42 Å². The van der Waals surface area contributed by atoms with E-state index >= 15 is 0 Å². The molecule has 0 aromatic heterocycles. The fourth-order valence-electron chi connectivity index (χ4n) is 5.94. The highest BCUT2D eigenvalue weighted by atomic mass is 35.5. The lowest BCUT2D eigenvalue weighted by atomic mass is 9.68. The van der Waals surface area contributed by atoms with Crippen molar-refractivity contribution in [3.8, 4) is 0 Å². The van der Waals surface area contributed by atoms with Gasteiger partial charge in [0.15, 0.2) is 0 Å². The lowest BCUT2D eigenvalue weighted by molar-refractivity contribution is -0.123. The molecule has 3 N–H and O–H groups in total. The molecule has 0 heterocycles. The second-order valence-electron chi connectivity index (χ2n) is 11.1. The van der Waals surface area contributed by atoms with E-state index in [0.29, 0.717) is 23.2 Å². The molecule has 4 rings (SSSR count). The lowest BCUT2D eigenvalue weighted by Gasteiger charge is -2.43. The molecule has 0 aliphatic heterocycles. The maximum atomic E-state index is 13.6. The van der Waals surface area contributed by atoms with E-state index in [0.717, 1.165) is 29.5 Å². The second-order valence-corrected chi connectivity index (χ2v) is 11.5. The summed E-state index contributed by atoms with van der Waals surface area (Å²) in [4.78, 5) is 18.1. The van der Waals surface area contributed by atoms with Gasteiger partial charge in [0.1, 0.15) is 5.84 Å². The number of benzene rings is 2. The summed E-state index contributed by atoms with van der Waals surface area (Å²) in [5.74, 6) is 0.517. The Hall–Kier alpha value is -2.73. The van der Waals surface area contributed by atoms with Crippen molar-refractivity contribution in [3.63, 3.8) is 0 Å². The van der Waals surface area contributed by atoms with Gasteiger partial charge in [-0.1, -0.05) is 62.2 Å². The summed E-state index contributed by atoms with van der Waals surface area (Å²) in [6.45, 7) is 11.1. The Morgan fingerprint density at radius 1 is 1.17 bits per heavy atom. The molecule has 2 fully saturated rings. The van der Waals surface area contributed by atoms with E-state index in [2.05, 4.69) is 41.3 Å². The van der Waals surface area contributed by atoms with Crippen LogP contribution in [-0.2, 0) is 11.3 Å². The van der Waals surface area contributed by atoms with Gasteiger partial charge < -0.3 is 11.1 Å². The van der Waals surface area contributed by atoms with Crippen molar-refractivity contribution >= 4 is 29.0 Å². The molecule has 1 amide bonds. The first-order chi connectivity index (χ1) is 16.5. The van der Waals surface area contributed by atoms with Crippen LogP contribution in [0.15, 0.2) is 57.7 Å². The average molecular weight is 494 g/mol. The van der Waals surface area contributed by atoms with Gasteiger partial charge in [-0.05, 0) is 79.2 Å². The molecule has 2 aliphatic carbocycles. The van der Waals surface area contributed by atoms with Gasteiger partial charge in [-0.25, -0.2) is 0 Å². The van der Waals surface area contributed by atoms with Crippen molar-refractivity contribution in [2.45, 2.75) is 72.5 Å². The van der Waals surface area contributed by atoms with E-state index in [4.69, 9.17) is 17.3 Å². The second kappa shape index (κ2) is 9.73. The molecule has 2 aromatic rings. The number of hydrogen-bond acceptors (Lipinski definition) is 4. The Morgan fingerprint density at radius 2 is 1.89 bits per heavy atom. The van der Waals surface area contributed by atoms with Crippen LogP contribution < -0.4 is 11.1 Å². The number of nitrogens with one attached hydrogen (secondary N) is 1. The van der Waals surface area contributed by atoms with E-state index in [1.807, 2.05) is 56.3 Å². The zero-order valence-corrected chi connectivity index (χ0v) is 22.1. The summed E-state index contributed by atoms with van der Waals surface area (Å²) in [6.07, 6.45) is 3.48. The molecular formula is C28H36ClN5O. The van der Waals surface area contributed by atoms with Crippen molar-refractivity contribution < 1.29 is 4.79 Å². The number of azo groups is 1. The van der Waals surface area contributed by atoms with Gasteiger partial charge in [0.2, 0.25) is 6.04 Å². The molecule has 0 radical (unpaired) electrons. The minimum atomic E-state index is -0.997. The van der Waals surface area contributed by atoms with E-state index in [1.54, 1.807) is 0 Å². The van der Waals surface area contributed by atoms with Crippen LogP contribution in [0.4, 0.5) is 5.69 Å². The third-order valence-corrected chi connectivity index (χ3v) is 8.50. The highest BCUT2D eigenvalue weighted by Gasteiger charge is 2.60. The Labute approximate surface area is 213 Å². The van der Waals surface area contributed by atoms with Gasteiger partial charge in [-0.3, -0.25) is 9.79 Å². The third-order valence-electron chi connectivity index (χ3n) is 8.07. The summed E-state index contributed by atoms with van der Waals surface area (Å²) >= 11 is 6.15. The zero-order valence-electron chi connectivity index (χ0n) is 21.3. The maximum Gasteiger partial charge on any atom is 0.254 e. The number of halogens is 1. The number of amidine groups is 1. The number of aliphatic imine (C=N–C) groups is 1. The Bertz CT molecular complexity index is 1150. The number of hydrogen-bond donors (Lipinski definition) is 2. The molecule has 2 bridgehead atoms. The molecule has 4 atom stereocenters. The first-order valence-electron chi connectivity index (χ1n) is 12.3. The standard InChI is InChI=1S/C28H36ClN5O/c1-17-6-9-21(10-7-17)33-34-23(24(30)31-16-19-8-11-22(29)18(2)14-19)25(35)32-26-27(3,4)20-12-13-28(26,5)15-20/h6-11,14,20,23,26H,12-13,15-16H2,1-5H3,(H2,30,31)(H,32,35)/b34-33+. The predicted octanol–water partition coefficient (Wildman–Crippen LogP) is 6.30. The number of carbonyl (C=O) groups excluding carboxylic acids is 1. The number of nitrogens with zero attached hydrogens (tertiary/aromatic N) is 3. The molecule has 2 saturated carbocycles. The van der Waals surface area contributed by atoms with Crippen LogP contribution in [0.5, 0.6) is 0 Å². The van der Waals surface area contributed by atoms with Gasteiger partial charge in [0, 0.05) is 11.1 Å². The van der Waals surface area contributed by atoms with Gasteiger partial charge >= 0.3 is 0 Å². The lowest BCUT2D eigenvalue weighted by Crippen LogP contribution is -2.56. The first kappa shape index (κ1) is 25.4. The van der Waals surface area contributed by atoms with Gasteiger partial charge in [-0.15, -0.1) is 0 Å². The SMILES string of the molecule is Cc1ccc(/N=N/C(C(=O)NC2C3(C)CCC(C3)C2(C)C)/C(N)=N/Cc2ccc(Cl)c(C)c2)cc1. The number of nitrogens with two attached hydrogens (primary N) is 1. The third kappa shape index (κ3) is 5.27. The van der Waals surface area contributed by atoms with Crippen LogP contribution in [0, 0.1) is 30.6 Å². The smallest absolute Gasteiger partial charge is 0.254 e. The molecule has 2 aliphatic rings. The Kier molecular flexibility index (Phi) is 7.05. The van der Waals surface area contributed by atoms with Crippen LogP contribution in [-0.4, -0.2) is 23.8 Å². The van der Waals surface area contributed by atoms with Crippen molar-refractivity contribution in [3.05, 3.63) is 64.2 Å². The predicted molar refractivity (Wildman–Crippen MR) is 142 cm³/mol. The number of amides is 1. The van der Waals surface area contributed by atoms with Gasteiger partial charge in [0.05, 0.1) is 12.2 Å². The molecule has 7 heteroatoms. The molecule has 6 nitrogen and oxygen atoms in total. The maximum absolute atomic E-state index is 13.6. The molecule has 186 valence electrons. The normalized spacial score (nSPS) is 26.3. The Balaban J connectivity index is 1.58. The summed E-state index contributed by atoms with van der Waals surface area (Å²) < 4.78 is 0. The van der Waals surface area contributed by atoms with Crippen LogP contribution in [0.25, 0.3) is 0 Å². The zero-order chi connectivity index (χ0) is 25.4. The molecule has 0 saturated heterocycles. The molecule has 4 unspecified atom stereocenters. The van der Waals surface area contributed by atoms with Crippen molar-refractivity contribution in [1.29, 1.82) is 0 Å². The van der Waals surface area contributed by atoms with E-state index in [9.17, 15) is 4.79 Å². The Morgan fingerprint density at radius 3 is 2.51 bits per heavy atom. The van der Waals surface area contributed by atoms with Crippen LogP contribution in [0.1, 0.15) is 56.7 Å². The van der Waals surface area contributed by atoms with Crippen LogP contribution in [0.3, 0.4) is 0 Å². The minimum absolute atomic E-state index is 0.0219. The van der Waals surface area contributed by atoms with Crippen molar-refractivity contribution in [1.82, 2.24) is 5.32 Å². The average Bonchev–Trinajstić information content (AvgIpc) is 3.30. The fraction of sp³-hybridized carbons (Fsp3) is 0.500. The molecular weight excluding hydrogens is 458 g/mol. The van der Waals surface area contributed by atoms with Gasteiger partial charge in [-0.2, -0.15) is 10.2 Å². The van der Waals surface area contributed by atoms with E-state index in [-0.39, 0.29) is 28.6 Å². The summed E-state index contributed by atoms with van der Waals surface area (Å²) in [5, 5.41) is 12.7. The number of aryl methyl sites for hydroxylation is 2. The monoisotopic (exact) mass is 493 g/mol. The van der Waals surface area contributed by atoms with Crippen LogP contribution >= 0.6 is 11.6 Å². The summed E-state index contributed by atoms with van der Waals surface area (Å²) in [5.41, 5.74) is 10.2. The van der Waals surface area contributed by atoms with Crippen molar-refractivity contribution in [2.75, 3.05) is 0 Å². The highest BCUT2D eigenvalue weighted by molar-refractivity contribution is 6.31. The summed E-state index contributed by atoms with van der Waals surface area (Å²) in [7, 11) is 0. The topological polar surface area (TPSA) is 92.2 Å². The summed E-state index contributed by atoms with van der Waals surface area (Å²) in [6, 6.07) is 12.5. The van der Waals surface area contributed by atoms with Gasteiger partial charge in [0.25, 0.3) is 5.91 Å². The molecule has 0 spiro atoms. The van der Waals surface area contributed by atoms with E-state index < -0.39 is 6.04 Å². The minimum Gasteiger partial charge on any atom is -0.385 e. The number of rotatable bonds is 7. The van der Waals surface area contributed by atoms with Crippen molar-refractivity contribution in [2.24, 2.45) is 37.7 Å². The van der Waals surface area contributed by atoms with Crippen LogP contribution in [0.2, 0.25) is 5.02 Å². The fourth-order valence-corrected chi connectivity index (χ4v) is 6.06. The number of carbonyl (C=O) groups is 1. The highest BCUT2D eigenvalue weighted by Crippen LogP contribution is 2.62. The molecule has 35 heavy (non-hydrogen) atoms. The quantitative estimate of drug-likeness (QED) is 0.269. The number of fused-ring (bicyclic) bond motifs is 2. The molecule has 2 aromatic carbocycles.